The molecule has 31 heavy (non-hydrogen) atoms. The maximum atomic E-state index is 10.9. The van der Waals surface area contributed by atoms with Crippen LogP contribution in [0.4, 0.5) is 34.4 Å². The highest BCUT2D eigenvalue weighted by atomic mass is 16.6. The number of nitro groups is 1. The van der Waals surface area contributed by atoms with E-state index in [1.165, 1.54) is 12.1 Å². The molecule has 152 valence electrons. The molecule has 0 spiro atoms. The zero-order valence-electron chi connectivity index (χ0n) is 16.6. The van der Waals surface area contributed by atoms with Gasteiger partial charge < -0.3 is 10.6 Å². The molecular formula is C21H16N8O2. The van der Waals surface area contributed by atoms with Gasteiger partial charge in [0.1, 0.15) is 29.3 Å². The fourth-order valence-electron chi connectivity index (χ4n) is 2.80. The highest BCUT2D eigenvalue weighted by Crippen LogP contribution is 2.36. The first kappa shape index (κ1) is 20.9. The summed E-state index contributed by atoms with van der Waals surface area (Å²) < 4.78 is 0. The number of anilines is 3. The van der Waals surface area contributed by atoms with Crippen LogP contribution in [0, 0.1) is 39.7 Å². The van der Waals surface area contributed by atoms with E-state index in [2.05, 4.69) is 31.9 Å². The van der Waals surface area contributed by atoms with Gasteiger partial charge in [0.25, 0.3) is 5.69 Å². The van der Waals surface area contributed by atoms with Gasteiger partial charge in [0, 0.05) is 30.4 Å². The van der Waals surface area contributed by atoms with Crippen LogP contribution in [0.1, 0.15) is 16.7 Å². The first-order chi connectivity index (χ1) is 15.0. The SMILES string of the molecule is CNc1nc(Nc2ccccc2)c(N=Nc2ccc([N+](=O)[O-])cc2C#N)c(C)c1C#N. The van der Waals surface area contributed by atoms with Crippen LogP contribution in [0.3, 0.4) is 0 Å². The number of para-hydroxylation sites is 1. The van der Waals surface area contributed by atoms with Crippen LogP contribution in [0.15, 0.2) is 58.8 Å². The summed E-state index contributed by atoms with van der Waals surface area (Å²) in [5, 5.41) is 44.2. The van der Waals surface area contributed by atoms with Gasteiger partial charge in [-0.3, -0.25) is 10.1 Å². The Morgan fingerprint density at radius 1 is 1.06 bits per heavy atom. The minimum atomic E-state index is -0.590. The second kappa shape index (κ2) is 9.11. The molecule has 0 amide bonds. The van der Waals surface area contributed by atoms with Gasteiger partial charge in [-0.05, 0) is 25.1 Å². The van der Waals surface area contributed by atoms with Crippen LogP contribution in [0.2, 0.25) is 0 Å². The van der Waals surface area contributed by atoms with Crippen molar-refractivity contribution in [3.63, 3.8) is 0 Å². The van der Waals surface area contributed by atoms with Crippen LogP contribution in [0.5, 0.6) is 0 Å². The third-order valence-corrected chi connectivity index (χ3v) is 4.37. The average molecular weight is 412 g/mol. The van der Waals surface area contributed by atoms with Gasteiger partial charge in [-0.25, -0.2) is 4.98 Å². The number of non-ortho nitro benzene ring substituents is 1. The molecule has 0 radical (unpaired) electrons. The van der Waals surface area contributed by atoms with Crippen LogP contribution >= 0.6 is 0 Å². The minimum absolute atomic E-state index is 0.00785. The van der Waals surface area contributed by atoms with Crippen molar-refractivity contribution in [2.75, 3.05) is 17.7 Å². The second-order valence-corrected chi connectivity index (χ2v) is 6.28. The van der Waals surface area contributed by atoms with Crippen LogP contribution < -0.4 is 10.6 Å². The van der Waals surface area contributed by atoms with Gasteiger partial charge in [-0.15, -0.1) is 10.2 Å². The zero-order chi connectivity index (χ0) is 22.4. The van der Waals surface area contributed by atoms with E-state index < -0.39 is 4.92 Å². The quantitative estimate of drug-likeness (QED) is 0.319. The van der Waals surface area contributed by atoms with Gasteiger partial charge in [0.15, 0.2) is 5.82 Å². The van der Waals surface area contributed by atoms with Gasteiger partial charge in [-0.2, -0.15) is 10.5 Å². The lowest BCUT2D eigenvalue weighted by molar-refractivity contribution is -0.384. The van der Waals surface area contributed by atoms with Gasteiger partial charge in [0.2, 0.25) is 0 Å². The molecular weight excluding hydrogens is 396 g/mol. The normalized spacial score (nSPS) is 10.3. The standard InChI is InChI=1S/C21H16N8O2/c1-13-17(12-23)20(24-2)26-21(25-15-6-4-3-5-7-15)19(13)28-27-18-9-8-16(29(30)31)10-14(18)11-22/h3-10H,1-2H3,(H2,24,25,26). The Balaban J connectivity index is 2.12. The van der Waals surface area contributed by atoms with Gasteiger partial charge in [-0.1, -0.05) is 18.2 Å². The predicted octanol–water partition coefficient (Wildman–Crippen LogP) is 5.24. The molecule has 0 saturated carbocycles. The summed E-state index contributed by atoms with van der Waals surface area (Å²) in [6.07, 6.45) is 0. The molecule has 0 aliphatic heterocycles. The third kappa shape index (κ3) is 4.44. The fourth-order valence-corrected chi connectivity index (χ4v) is 2.80. The van der Waals surface area contributed by atoms with Gasteiger partial charge in [0.05, 0.1) is 16.1 Å². The molecule has 0 bridgehead atoms. The summed E-state index contributed by atoms with van der Waals surface area (Å²) in [7, 11) is 1.66. The minimum Gasteiger partial charge on any atom is -0.372 e. The molecule has 0 aliphatic carbocycles. The zero-order valence-corrected chi connectivity index (χ0v) is 16.6. The topological polar surface area (TPSA) is 152 Å². The summed E-state index contributed by atoms with van der Waals surface area (Å²) in [5.74, 6) is 0.738. The smallest absolute Gasteiger partial charge is 0.270 e. The van der Waals surface area contributed by atoms with Crippen molar-refractivity contribution in [2.45, 2.75) is 6.92 Å². The van der Waals surface area contributed by atoms with E-state index in [0.717, 1.165) is 11.8 Å². The highest BCUT2D eigenvalue weighted by Gasteiger charge is 2.17. The lowest BCUT2D eigenvalue weighted by Gasteiger charge is -2.14. The number of aromatic nitrogens is 1. The van der Waals surface area contributed by atoms with E-state index in [9.17, 15) is 20.6 Å². The number of hydrogen-bond donors (Lipinski definition) is 2. The molecule has 0 atom stereocenters. The van der Waals surface area contributed by atoms with Crippen LogP contribution in [-0.2, 0) is 0 Å². The number of nitriles is 2. The molecule has 10 nitrogen and oxygen atoms in total. The van der Waals surface area contributed by atoms with Crippen molar-refractivity contribution >= 4 is 34.4 Å². The lowest BCUT2D eigenvalue weighted by atomic mass is 10.1. The largest absolute Gasteiger partial charge is 0.372 e. The highest BCUT2D eigenvalue weighted by molar-refractivity contribution is 5.77. The first-order valence-corrected chi connectivity index (χ1v) is 9.03. The molecule has 3 aromatic rings. The molecule has 0 fully saturated rings. The molecule has 2 N–H and O–H groups in total. The van der Waals surface area contributed by atoms with Crippen molar-refractivity contribution in [1.82, 2.24) is 4.98 Å². The maximum absolute atomic E-state index is 10.9. The maximum Gasteiger partial charge on any atom is 0.270 e. The van der Waals surface area contributed by atoms with Crippen molar-refractivity contribution in [1.29, 1.82) is 10.5 Å². The van der Waals surface area contributed by atoms with E-state index in [4.69, 9.17) is 0 Å². The summed E-state index contributed by atoms with van der Waals surface area (Å²) >= 11 is 0. The number of hydrogen-bond acceptors (Lipinski definition) is 9. The molecule has 1 aromatic heterocycles. The molecule has 2 aromatic carbocycles. The Labute approximate surface area is 177 Å². The summed E-state index contributed by atoms with van der Waals surface area (Å²) in [5.41, 5.74) is 1.85. The van der Waals surface area contributed by atoms with E-state index in [-0.39, 0.29) is 16.9 Å². The Kier molecular flexibility index (Phi) is 6.14. The molecule has 0 aliphatic rings. The molecule has 3 rings (SSSR count). The van der Waals surface area contributed by atoms with E-state index >= 15 is 0 Å². The summed E-state index contributed by atoms with van der Waals surface area (Å²) in [4.78, 5) is 14.8. The predicted molar refractivity (Wildman–Crippen MR) is 115 cm³/mol. The third-order valence-electron chi connectivity index (χ3n) is 4.37. The number of nitrogens with one attached hydrogen (secondary N) is 2. The number of benzene rings is 2. The molecule has 0 unspecified atom stereocenters. The van der Waals surface area contributed by atoms with Crippen LogP contribution in [0.25, 0.3) is 0 Å². The number of pyridine rings is 1. The van der Waals surface area contributed by atoms with E-state index in [1.54, 1.807) is 14.0 Å². The number of rotatable bonds is 6. The van der Waals surface area contributed by atoms with E-state index in [1.807, 2.05) is 36.4 Å². The molecule has 1 heterocycles. The van der Waals surface area contributed by atoms with Crippen molar-refractivity contribution in [2.24, 2.45) is 10.2 Å². The monoisotopic (exact) mass is 412 g/mol. The van der Waals surface area contributed by atoms with Crippen molar-refractivity contribution in [3.8, 4) is 12.1 Å². The summed E-state index contributed by atoms with van der Waals surface area (Å²) in [6.45, 7) is 1.71. The second-order valence-electron chi connectivity index (χ2n) is 6.28. The molecule has 10 heteroatoms. The van der Waals surface area contributed by atoms with Crippen LogP contribution in [-0.4, -0.2) is 17.0 Å². The van der Waals surface area contributed by atoms with E-state index in [0.29, 0.717) is 28.5 Å². The Morgan fingerprint density at radius 3 is 2.42 bits per heavy atom. The molecule has 0 saturated heterocycles. The number of nitrogens with zero attached hydrogens (tertiary/aromatic N) is 6. The fraction of sp³-hybridized carbons (Fsp3) is 0.0952. The number of azo groups is 1. The number of nitro benzene ring substituents is 1. The van der Waals surface area contributed by atoms with Crippen molar-refractivity contribution < 1.29 is 4.92 Å². The Morgan fingerprint density at radius 2 is 1.81 bits per heavy atom. The lowest BCUT2D eigenvalue weighted by Crippen LogP contribution is -2.03. The summed E-state index contributed by atoms with van der Waals surface area (Å²) in [6, 6.07) is 17.0. The Bertz CT molecular complexity index is 1260. The first-order valence-electron chi connectivity index (χ1n) is 9.03. The van der Waals surface area contributed by atoms with Crippen molar-refractivity contribution in [3.05, 3.63) is 75.3 Å². The Hall–Kier alpha value is -4.83. The average Bonchev–Trinajstić information content (AvgIpc) is 2.78. The van der Waals surface area contributed by atoms with Gasteiger partial charge >= 0.3 is 0 Å².